The monoisotopic (exact) mass is 366 g/mol. The van der Waals surface area contributed by atoms with Crippen LogP contribution >= 0.6 is 22.6 Å². The van der Waals surface area contributed by atoms with E-state index in [1.807, 2.05) is 0 Å². The number of hydrogen-bond donors (Lipinski definition) is 1. The van der Waals surface area contributed by atoms with E-state index in [2.05, 4.69) is 63.8 Å². The van der Waals surface area contributed by atoms with Crippen LogP contribution in [0.5, 0.6) is 0 Å². The molecule has 1 atom stereocenters. The Hall–Kier alpha value is -0.810. The summed E-state index contributed by atoms with van der Waals surface area (Å²) in [5.74, 6) is 0. The van der Waals surface area contributed by atoms with Gasteiger partial charge in [-0.1, -0.05) is 18.6 Å². The number of fused-ring (bicyclic) bond motifs is 1. The van der Waals surface area contributed by atoms with Gasteiger partial charge in [0.2, 0.25) is 0 Å². The van der Waals surface area contributed by atoms with Gasteiger partial charge in [-0.25, -0.2) is 0 Å². The Morgan fingerprint density at radius 3 is 2.74 bits per heavy atom. The van der Waals surface area contributed by atoms with Crippen LogP contribution in [-0.2, 0) is 13.0 Å². The maximum absolute atomic E-state index is 6.26. The summed E-state index contributed by atoms with van der Waals surface area (Å²) in [5.41, 5.74) is 10.4. The molecule has 2 nitrogen and oxygen atoms in total. The second kappa shape index (κ2) is 5.67. The molecule has 0 spiro atoms. The average molecular weight is 366 g/mol. The SMILES string of the molecule is NC1CCCCc2cn(Cc3ccc(I)cc3)cc21. The molecule has 0 bridgehead atoms. The molecule has 3 heteroatoms. The first-order chi connectivity index (χ1) is 9.22. The van der Waals surface area contributed by atoms with Gasteiger partial charge in [-0.2, -0.15) is 0 Å². The summed E-state index contributed by atoms with van der Waals surface area (Å²) in [5, 5.41) is 0. The maximum atomic E-state index is 6.26. The zero-order chi connectivity index (χ0) is 13.2. The molecule has 0 aliphatic heterocycles. The number of rotatable bonds is 2. The van der Waals surface area contributed by atoms with Gasteiger partial charge in [0.05, 0.1) is 0 Å². The van der Waals surface area contributed by atoms with Crippen LogP contribution in [0.4, 0.5) is 0 Å². The van der Waals surface area contributed by atoms with E-state index in [1.165, 1.54) is 39.5 Å². The number of halogens is 1. The highest BCUT2D eigenvalue weighted by Crippen LogP contribution is 2.28. The van der Waals surface area contributed by atoms with E-state index < -0.39 is 0 Å². The van der Waals surface area contributed by atoms with Gasteiger partial charge >= 0.3 is 0 Å². The quantitative estimate of drug-likeness (QED) is 0.635. The topological polar surface area (TPSA) is 30.9 Å². The first-order valence-corrected chi connectivity index (χ1v) is 7.99. The van der Waals surface area contributed by atoms with E-state index in [0.717, 1.165) is 13.0 Å². The van der Waals surface area contributed by atoms with Crippen LogP contribution < -0.4 is 5.73 Å². The Morgan fingerprint density at radius 2 is 1.95 bits per heavy atom. The van der Waals surface area contributed by atoms with Crippen LogP contribution in [0.25, 0.3) is 0 Å². The third-order valence-electron chi connectivity index (χ3n) is 3.89. The van der Waals surface area contributed by atoms with Gasteiger partial charge in [-0.15, -0.1) is 0 Å². The lowest BCUT2D eigenvalue weighted by molar-refractivity contribution is 0.610. The second-order valence-corrected chi connectivity index (χ2v) is 6.64. The molecular weight excluding hydrogens is 347 g/mol. The molecule has 3 rings (SSSR count). The number of benzene rings is 1. The van der Waals surface area contributed by atoms with Crippen LogP contribution in [0, 0.1) is 3.57 Å². The highest BCUT2D eigenvalue weighted by molar-refractivity contribution is 14.1. The molecule has 2 aromatic rings. The number of hydrogen-bond acceptors (Lipinski definition) is 1. The molecular formula is C16H19IN2. The number of nitrogens with two attached hydrogens (primary N) is 1. The standard InChI is InChI=1S/C16H19IN2/c17-14-7-5-12(6-8-14)9-19-10-13-3-1-2-4-16(18)15(13)11-19/h5-8,10-11,16H,1-4,9,18H2. The van der Waals surface area contributed by atoms with Gasteiger partial charge in [0.25, 0.3) is 0 Å². The first kappa shape index (κ1) is 13.2. The number of aryl methyl sites for hydroxylation is 1. The molecule has 1 aromatic heterocycles. The maximum Gasteiger partial charge on any atom is 0.0470 e. The zero-order valence-electron chi connectivity index (χ0n) is 11.0. The Labute approximate surface area is 128 Å². The smallest absolute Gasteiger partial charge is 0.0470 e. The second-order valence-electron chi connectivity index (χ2n) is 5.39. The highest BCUT2D eigenvalue weighted by atomic mass is 127. The number of aromatic nitrogens is 1. The molecule has 1 aliphatic rings. The molecule has 0 amide bonds. The van der Waals surface area contributed by atoms with Crippen molar-refractivity contribution >= 4 is 22.6 Å². The summed E-state index contributed by atoms with van der Waals surface area (Å²) in [4.78, 5) is 0. The van der Waals surface area contributed by atoms with Crippen molar-refractivity contribution in [2.75, 3.05) is 0 Å². The Balaban J connectivity index is 1.82. The molecule has 1 unspecified atom stereocenters. The molecule has 1 aliphatic carbocycles. The van der Waals surface area contributed by atoms with E-state index in [4.69, 9.17) is 5.73 Å². The van der Waals surface area contributed by atoms with E-state index in [1.54, 1.807) is 0 Å². The lowest BCUT2D eigenvalue weighted by Gasteiger charge is -2.07. The first-order valence-electron chi connectivity index (χ1n) is 6.91. The summed E-state index contributed by atoms with van der Waals surface area (Å²) in [6, 6.07) is 8.96. The minimum atomic E-state index is 0.232. The van der Waals surface area contributed by atoms with Crippen LogP contribution in [0.1, 0.15) is 42.0 Å². The summed E-state index contributed by atoms with van der Waals surface area (Å²) in [6.07, 6.45) is 9.38. The average Bonchev–Trinajstić information content (AvgIpc) is 2.72. The predicted octanol–water partition coefficient (Wildman–Crippen LogP) is 3.87. The summed E-state index contributed by atoms with van der Waals surface area (Å²) in [6.45, 7) is 0.941. The van der Waals surface area contributed by atoms with Crippen molar-refractivity contribution in [3.8, 4) is 0 Å². The molecule has 0 radical (unpaired) electrons. The molecule has 0 saturated carbocycles. The normalized spacial score (nSPS) is 18.9. The minimum absolute atomic E-state index is 0.232. The van der Waals surface area contributed by atoms with E-state index >= 15 is 0 Å². The third-order valence-corrected chi connectivity index (χ3v) is 4.61. The van der Waals surface area contributed by atoms with Gasteiger partial charge < -0.3 is 10.3 Å². The van der Waals surface area contributed by atoms with Crippen molar-refractivity contribution in [1.29, 1.82) is 0 Å². The van der Waals surface area contributed by atoms with Gasteiger partial charge in [0, 0.05) is 28.6 Å². The van der Waals surface area contributed by atoms with E-state index in [0.29, 0.717) is 0 Å². The minimum Gasteiger partial charge on any atom is -0.349 e. The largest absolute Gasteiger partial charge is 0.349 e. The van der Waals surface area contributed by atoms with Gasteiger partial charge in [-0.05, 0) is 70.7 Å². The zero-order valence-corrected chi connectivity index (χ0v) is 13.1. The fourth-order valence-corrected chi connectivity index (χ4v) is 3.20. The lowest BCUT2D eigenvalue weighted by atomic mass is 10.1. The molecule has 1 heterocycles. The molecule has 19 heavy (non-hydrogen) atoms. The third kappa shape index (κ3) is 3.03. The van der Waals surface area contributed by atoms with Crippen molar-refractivity contribution in [1.82, 2.24) is 4.57 Å². The fraction of sp³-hybridized carbons (Fsp3) is 0.375. The van der Waals surface area contributed by atoms with Crippen molar-refractivity contribution in [2.45, 2.75) is 38.3 Å². The van der Waals surface area contributed by atoms with Crippen molar-refractivity contribution in [3.63, 3.8) is 0 Å². The Morgan fingerprint density at radius 1 is 1.16 bits per heavy atom. The summed E-state index contributed by atoms with van der Waals surface area (Å²) in [7, 11) is 0. The molecule has 0 fully saturated rings. The Kier molecular flexibility index (Phi) is 3.93. The van der Waals surface area contributed by atoms with Gasteiger partial charge in [0.1, 0.15) is 0 Å². The molecule has 100 valence electrons. The van der Waals surface area contributed by atoms with E-state index in [9.17, 15) is 0 Å². The van der Waals surface area contributed by atoms with Crippen LogP contribution in [0.2, 0.25) is 0 Å². The highest BCUT2D eigenvalue weighted by Gasteiger charge is 2.17. The predicted molar refractivity (Wildman–Crippen MR) is 87.2 cm³/mol. The summed E-state index contributed by atoms with van der Waals surface area (Å²) >= 11 is 2.34. The van der Waals surface area contributed by atoms with Gasteiger partial charge in [0.15, 0.2) is 0 Å². The number of nitrogens with zero attached hydrogens (tertiary/aromatic N) is 1. The molecule has 0 saturated heterocycles. The molecule has 2 N–H and O–H groups in total. The summed E-state index contributed by atoms with van der Waals surface area (Å²) < 4.78 is 3.57. The van der Waals surface area contributed by atoms with Crippen molar-refractivity contribution in [2.24, 2.45) is 5.73 Å². The van der Waals surface area contributed by atoms with Gasteiger partial charge in [-0.3, -0.25) is 0 Å². The Bertz CT molecular complexity index is 557. The van der Waals surface area contributed by atoms with Crippen molar-refractivity contribution in [3.05, 3.63) is 56.9 Å². The van der Waals surface area contributed by atoms with Crippen LogP contribution in [0.3, 0.4) is 0 Å². The fourth-order valence-electron chi connectivity index (χ4n) is 2.84. The molecule has 1 aromatic carbocycles. The van der Waals surface area contributed by atoms with Crippen LogP contribution in [0.15, 0.2) is 36.7 Å². The van der Waals surface area contributed by atoms with Crippen molar-refractivity contribution < 1.29 is 0 Å². The lowest BCUT2D eigenvalue weighted by Crippen LogP contribution is -2.09. The van der Waals surface area contributed by atoms with E-state index in [-0.39, 0.29) is 6.04 Å². The van der Waals surface area contributed by atoms with Crippen LogP contribution in [-0.4, -0.2) is 4.57 Å².